The van der Waals surface area contributed by atoms with Crippen LogP contribution in [-0.2, 0) is 15.8 Å². The molecule has 0 saturated carbocycles. The van der Waals surface area contributed by atoms with Crippen molar-refractivity contribution in [1.29, 1.82) is 0 Å². The summed E-state index contributed by atoms with van der Waals surface area (Å²) in [6.07, 6.45) is -4.46. The van der Waals surface area contributed by atoms with Crippen LogP contribution in [0.25, 0.3) is 0 Å². The Morgan fingerprint density at radius 3 is 1.95 bits per heavy atom. The molecule has 4 nitrogen and oxygen atoms in total. The summed E-state index contributed by atoms with van der Waals surface area (Å²) < 4.78 is 36.9. The predicted octanol–water partition coefficient (Wildman–Crippen LogP) is 2.75. The van der Waals surface area contributed by atoms with Crippen LogP contribution in [0.1, 0.15) is 19.4 Å². The number of aliphatic carboxylic acids is 1. The molecule has 1 amide bonds. The molecule has 0 saturated heterocycles. The van der Waals surface area contributed by atoms with Crippen molar-refractivity contribution >= 4 is 17.6 Å². The lowest BCUT2D eigenvalue weighted by Gasteiger charge is -2.18. The molecule has 0 spiro atoms. The van der Waals surface area contributed by atoms with Gasteiger partial charge in [-0.1, -0.05) is 0 Å². The van der Waals surface area contributed by atoms with Crippen molar-refractivity contribution in [3.8, 4) is 0 Å². The van der Waals surface area contributed by atoms with E-state index in [1.807, 2.05) is 0 Å². The topological polar surface area (TPSA) is 66.4 Å². The Morgan fingerprint density at radius 2 is 1.58 bits per heavy atom. The van der Waals surface area contributed by atoms with E-state index in [-0.39, 0.29) is 5.69 Å². The maximum absolute atomic E-state index is 12.3. The Morgan fingerprint density at radius 1 is 1.11 bits per heavy atom. The number of hydrogen-bond acceptors (Lipinski definition) is 2. The third-order valence-corrected chi connectivity index (χ3v) is 2.57. The van der Waals surface area contributed by atoms with E-state index in [4.69, 9.17) is 5.11 Å². The van der Waals surface area contributed by atoms with Crippen LogP contribution < -0.4 is 5.32 Å². The highest BCUT2D eigenvalue weighted by Crippen LogP contribution is 2.30. The largest absolute Gasteiger partial charge is 0.480 e. The van der Waals surface area contributed by atoms with Crippen molar-refractivity contribution < 1.29 is 27.9 Å². The first kappa shape index (κ1) is 15.0. The zero-order chi connectivity index (χ0) is 14.8. The normalized spacial score (nSPS) is 12.1. The summed E-state index contributed by atoms with van der Waals surface area (Å²) >= 11 is 0. The van der Waals surface area contributed by atoms with Gasteiger partial charge in [0.2, 0.25) is 5.91 Å². The number of carbonyl (C=O) groups is 2. The first-order valence-corrected chi connectivity index (χ1v) is 5.27. The molecule has 0 fully saturated rings. The lowest BCUT2D eigenvalue weighted by atomic mass is 9.92. The summed E-state index contributed by atoms with van der Waals surface area (Å²) in [6.45, 7) is 2.41. The molecular weight excluding hydrogens is 263 g/mol. The number of alkyl halides is 3. The van der Waals surface area contributed by atoms with Crippen molar-refractivity contribution in [2.75, 3.05) is 5.32 Å². The van der Waals surface area contributed by atoms with E-state index >= 15 is 0 Å². The third-order valence-electron chi connectivity index (χ3n) is 2.57. The summed E-state index contributed by atoms with van der Waals surface area (Å²) in [7, 11) is 0. The zero-order valence-corrected chi connectivity index (χ0v) is 10.2. The number of amides is 1. The molecule has 0 aliphatic carbocycles. The van der Waals surface area contributed by atoms with Gasteiger partial charge in [0, 0.05) is 5.69 Å². The number of rotatable bonds is 3. The fourth-order valence-corrected chi connectivity index (χ4v) is 1.13. The average molecular weight is 275 g/mol. The van der Waals surface area contributed by atoms with Gasteiger partial charge in [0.25, 0.3) is 0 Å². The molecule has 0 aliphatic heterocycles. The van der Waals surface area contributed by atoms with Gasteiger partial charge in [-0.3, -0.25) is 9.59 Å². The molecule has 19 heavy (non-hydrogen) atoms. The second-order valence-corrected chi connectivity index (χ2v) is 4.46. The van der Waals surface area contributed by atoms with Crippen molar-refractivity contribution in [3.05, 3.63) is 29.8 Å². The van der Waals surface area contributed by atoms with Gasteiger partial charge < -0.3 is 10.4 Å². The molecule has 104 valence electrons. The van der Waals surface area contributed by atoms with Crippen LogP contribution in [0.4, 0.5) is 18.9 Å². The highest BCUT2D eigenvalue weighted by Gasteiger charge is 2.36. The molecule has 1 aromatic carbocycles. The Kier molecular flexibility index (Phi) is 3.88. The molecular formula is C12H12F3NO3. The standard InChI is InChI=1S/C12H12F3NO3/c1-11(2,10(18)19)9(17)16-8-5-3-7(4-6-8)12(13,14)15/h3-6H,1-2H3,(H,16,17)(H,18,19). The minimum Gasteiger partial charge on any atom is -0.480 e. The molecule has 0 unspecified atom stereocenters. The second-order valence-electron chi connectivity index (χ2n) is 4.46. The van der Waals surface area contributed by atoms with Crippen LogP contribution in [-0.4, -0.2) is 17.0 Å². The fraction of sp³-hybridized carbons (Fsp3) is 0.333. The maximum atomic E-state index is 12.3. The number of hydrogen-bond donors (Lipinski definition) is 2. The first-order valence-electron chi connectivity index (χ1n) is 5.27. The zero-order valence-electron chi connectivity index (χ0n) is 10.2. The van der Waals surface area contributed by atoms with E-state index in [1.54, 1.807) is 0 Å². The van der Waals surface area contributed by atoms with Crippen molar-refractivity contribution in [3.63, 3.8) is 0 Å². The smallest absolute Gasteiger partial charge is 0.416 e. The molecule has 2 N–H and O–H groups in total. The van der Waals surface area contributed by atoms with Crippen LogP contribution in [0, 0.1) is 5.41 Å². The van der Waals surface area contributed by atoms with E-state index in [1.165, 1.54) is 13.8 Å². The summed E-state index contributed by atoms with van der Waals surface area (Å²) in [5, 5.41) is 11.1. The first-order chi connectivity index (χ1) is 8.55. The molecule has 0 aliphatic rings. The van der Waals surface area contributed by atoms with Gasteiger partial charge in [0.15, 0.2) is 0 Å². The van der Waals surface area contributed by atoms with Crippen LogP contribution >= 0.6 is 0 Å². The molecule has 0 aromatic heterocycles. The second kappa shape index (κ2) is 4.91. The van der Waals surface area contributed by atoms with E-state index in [2.05, 4.69) is 5.32 Å². The maximum Gasteiger partial charge on any atom is 0.416 e. The van der Waals surface area contributed by atoms with Crippen molar-refractivity contribution in [2.45, 2.75) is 20.0 Å². The Bertz CT molecular complexity index is 492. The Balaban J connectivity index is 2.85. The molecule has 0 heterocycles. The van der Waals surface area contributed by atoms with E-state index in [0.717, 1.165) is 24.3 Å². The predicted molar refractivity (Wildman–Crippen MR) is 61.5 cm³/mol. The highest BCUT2D eigenvalue weighted by atomic mass is 19.4. The van der Waals surface area contributed by atoms with Gasteiger partial charge >= 0.3 is 12.1 Å². The van der Waals surface area contributed by atoms with Crippen LogP contribution in [0.15, 0.2) is 24.3 Å². The lowest BCUT2D eigenvalue weighted by Crippen LogP contribution is -2.37. The third kappa shape index (κ3) is 3.46. The lowest BCUT2D eigenvalue weighted by molar-refractivity contribution is -0.151. The molecule has 7 heteroatoms. The van der Waals surface area contributed by atoms with Crippen molar-refractivity contribution in [2.24, 2.45) is 5.41 Å². The number of carboxylic acids is 1. The van der Waals surface area contributed by atoms with Crippen molar-refractivity contribution in [1.82, 2.24) is 0 Å². The summed E-state index contributed by atoms with van der Waals surface area (Å²) in [5.74, 6) is -2.13. The van der Waals surface area contributed by atoms with Gasteiger partial charge in [-0.15, -0.1) is 0 Å². The number of halogens is 3. The van der Waals surface area contributed by atoms with Gasteiger partial charge in [0.1, 0.15) is 5.41 Å². The molecule has 0 bridgehead atoms. The average Bonchev–Trinajstić information content (AvgIpc) is 2.28. The number of carbonyl (C=O) groups excluding carboxylic acids is 1. The number of benzene rings is 1. The van der Waals surface area contributed by atoms with E-state index < -0.39 is 29.0 Å². The fourth-order valence-electron chi connectivity index (χ4n) is 1.13. The monoisotopic (exact) mass is 275 g/mol. The quantitative estimate of drug-likeness (QED) is 0.833. The van der Waals surface area contributed by atoms with Crippen LogP contribution in [0.3, 0.4) is 0 Å². The number of nitrogens with one attached hydrogen (secondary N) is 1. The SMILES string of the molecule is CC(C)(C(=O)O)C(=O)Nc1ccc(C(F)(F)F)cc1. The van der Waals surface area contributed by atoms with Gasteiger partial charge in [-0.05, 0) is 38.1 Å². The minimum absolute atomic E-state index is 0.104. The van der Waals surface area contributed by atoms with E-state index in [9.17, 15) is 22.8 Å². The number of anilines is 1. The van der Waals surface area contributed by atoms with Crippen LogP contribution in [0.5, 0.6) is 0 Å². The summed E-state index contributed by atoms with van der Waals surface area (Å²) in [6, 6.07) is 3.75. The summed E-state index contributed by atoms with van der Waals surface area (Å²) in [4.78, 5) is 22.5. The number of carboxylic acid groups (broad SMARTS) is 1. The Labute approximate surface area is 107 Å². The molecule has 1 aromatic rings. The van der Waals surface area contributed by atoms with Crippen LogP contribution in [0.2, 0.25) is 0 Å². The molecule has 0 radical (unpaired) electrons. The van der Waals surface area contributed by atoms with Gasteiger partial charge in [0.05, 0.1) is 5.56 Å². The molecule has 1 rings (SSSR count). The minimum atomic E-state index is -4.46. The summed E-state index contributed by atoms with van der Waals surface area (Å²) in [5.41, 5.74) is -2.40. The van der Waals surface area contributed by atoms with E-state index in [0.29, 0.717) is 0 Å². The highest BCUT2D eigenvalue weighted by molar-refractivity contribution is 6.07. The van der Waals surface area contributed by atoms with Gasteiger partial charge in [-0.25, -0.2) is 0 Å². The molecule has 0 atom stereocenters. The van der Waals surface area contributed by atoms with Gasteiger partial charge in [-0.2, -0.15) is 13.2 Å². The Hall–Kier alpha value is -2.05.